The molecule has 5 heteroatoms. The molecule has 2 rings (SSSR count). The predicted molar refractivity (Wildman–Crippen MR) is 78.2 cm³/mol. The van der Waals surface area contributed by atoms with Crippen LogP contribution in [0.15, 0.2) is 0 Å². The Hall–Kier alpha value is -0.420. The Balaban J connectivity index is 1.97. The maximum absolute atomic E-state index is 12.4. The van der Waals surface area contributed by atoms with Crippen LogP contribution in [0.3, 0.4) is 0 Å². The molecule has 2 aliphatic carbocycles. The molecule has 0 bridgehead atoms. The number of ketones is 1. The van der Waals surface area contributed by atoms with Crippen molar-refractivity contribution in [3.63, 3.8) is 0 Å². The molecule has 0 saturated heterocycles. The van der Waals surface area contributed by atoms with Crippen molar-refractivity contribution in [2.24, 2.45) is 11.8 Å². The molecule has 1 N–H and O–H groups in total. The molecule has 0 radical (unpaired) electrons. The molecule has 4 nitrogen and oxygen atoms in total. The first-order valence-electron chi connectivity index (χ1n) is 7.80. The molecule has 0 aliphatic heterocycles. The predicted octanol–water partition coefficient (Wildman–Crippen LogP) is 2.10. The molecule has 0 amide bonds. The highest BCUT2D eigenvalue weighted by atomic mass is 32.2. The second-order valence-electron chi connectivity index (χ2n) is 6.56. The van der Waals surface area contributed by atoms with Crippen molar-refractivity contribution in [1.82, 2.24) is 0 Å². The first-order chi connectivity index (χ1) is 9.39. The fourth-order valence-electron chi connectivity index (χ4n) is 3.72. The van der Waals surface area contributed by atoms with E-state index in [2.05, 4.69) is 0 Å². The Bertz CT molecular complexity index is 437. The van der Waals surface area contributed by atoms with Crippen LogP contribution >= 0.6 is 0 Å². The monoisotopic (exact) mass is 302 g/mol. The SMILES string of the molecule is CS(=O)(=O)C1CCCC(C(=O)C(O)C2CCCCC2)C1. The van der Waals surface area contributed by atoms with Gasteiger partial charge >= 0.3 is 0 Å². The molecule has 0 aromatic rings. The number of Topliss-reactive ketones (excluding diaryl/α,β-unsaturated/α-hetero) is 1. The Labute approximate surface area is 121 Å². The van der Waals surface area contributed by atoms with Crippen molar-refractivity contribution in [3.8, 4) is 0 Å². The third kappa shape index (κ3) is 3.82. The number of carbonyl (C=O) groups is 1. The Kier molecular flexibility index (Phi) is 5.24. The van der Waals surface area contributed by atoms with Crippen molar-refractivity contribution in [1.29, 1.82) is 0 Å². The molecule has 2 fully saturated rings. The number of hydrogen-bond acceptors (Lipinski definition) is 4. The van der Waals surface area contributed by atoms with Crippen LogP contribution in [0.5, 0.6) is 0 Å². The summed E-state index contributed by atoms with van der Waals surface area (Å²) < 4.78 is 23.3. The molecule has 0 spiro atoms. The van der Waals surface area contributed by atoms with E-state index in [-0.39, 0.29) is 17.6 Å². The minimum Gasteiger partial charge on any atom is -0.385 e. The van der Waals surface area contributed by atoms with Gasteiger partial charge in [-0.3, -0.25) is 4.79 Å². The van der Waals surface area contributed by atoms with Crippen molar-refractivity contribution in [2.75, 3.05) is 6.26 Å². The average molecular weight is 302 g/mol. The van der Waals surface area contributed by atoms with Crippen LogP contribution in [-0.4, -0.2) is 36.9 Å². The molecule has 3 unspecified atom stereocenters. The molecule has 3 atom stereocenters. The van der Waals surface area contributed by atoms with Crippen molar-refractivity contribution in [3.05, 3.63) is 0 Å². The number of aliphatic hydroxyl groups is 1. The van der Waals surface area contributed by atoms with E-state index in [1.807, 2.05) is 0 Å². The van der Waals surface area contributed by atoms with Crippen LogP contribution in [-0.2, 0) is 14.6 Å². The summed E-state index contributed by atoms with van der Waals surface area (Å²) in [5, 5.41) is 9.89. The van der Waals surface area contributed by atoms with Gasteiger partial charge < -0.3 is 5.11 Å². The third-order valence-corrected chi connectivity index (χ3v) is 6.66. The summed E-state index contributed by atoms with van der Waals surface area (Å²) in [5.41, 5.74) is 0. The maximum atomic E-state index is 12.4. The molecular formula is C15H26O4S. The van der Waals surface area contributed by atoms with E-state index in [1.165, 1.54) is 12.7 Å². The van der Waals surface area contributed by atoms with Gasteiger partial charge in [-0.15, -0.1) is 0 Å². The van der Waals surface area contributed by atoms with Crippen LogP contribution in [0.1, 0.15) is 57.8 Å². The fourth-order valence-corrected chi connectivity index (χ4v) is 4.89. The summed E-state index contributed by atoms with van der Waals surface area (Å²) in [6, 6.07) is 0. The van der Waals surface area contributed by atoms with Gasteiger partial charge in [-0.05, 0) is 38.0 Å². The average Bonchev–Trinajstić information content (AvgIpc) is 2.46. The molecular weight excluding hydrogens is 276 g/mol. The lowest BCUT2D eigenvalue weighted by Crippen LogP contribution is -2.39. The minimum atomic E-state index is -3.08. The van der Waals surface area contributed by atoms with Gasteiger partial charge in [0.15, 0.2) is 5.78 Å². The zero-order chi connectivity index (χ0) is 14.8. The number of sulfone groups is 1. The van der Waals surface area contributed by atoms with E-state index in [1.54, 1.807) is 0 Å². The van der Waals surface area contributed by atoms with E-state index < -0.39 is 21.2 Å². The van der Waals surface area contributed by atoms with Gasteiger partial charge in [0.1, 0.15) is 15.9 Å². The van der Waals surface area contributed by atoms with Crippen LogP contribution in [0.4, 0.5) is 0 Å². The van der Waals surface area contributed by atoms with Crippen molar-refractivity contribution < 1.29 is 18.3 Å². The quantitative estimate of drug-likeness (QED) is 0.863. The maximum Gasteiger partial charge on any atom is 0.164 e. The van der Waals surface area contributed by atoms with Gasteiger partial charge in [0.05, 0.1) is 5.25 Å². The lowest BCUT2D eigenvalue weighted by molar-refractivity contribution is -0.135. The molecule has 116 valence electrons. The van der Waals surface area contributed by atoms with Gasteiger partial charge in [-0.1, -0.05) is 25.7 Å². The lowest BCUT2D eigenvalue weighted by atomic mass is 9.77. The standard InChI is InChI=1S/C15H26O4S/c1-20(18,19)13-9-5-8-12(10-13)15(17)14(16)11-6-3-2-4-7-11/h11-14,16H,2-10H2,1H3. The zero-order valence-electron chi connectivity index (χ0n) is 12.3. The van der Waals surface area contributed by atoms with Crippen LogP contribution in [0, 0.1) is 11.8 Å². The summed E-state index contributed by atoms with van der Waals surface area (Å²) in [7, 11) is -3.08. The Morgan fingerprint density at radius 3 is 2.30 bits per heavy atom. The largest absolute Gasteiger partial charge is 0.385 e. The van der Waals surface area contributed by atoms with E-state index in [0.717, 1.165) is 38.5 Å². The summed E-state index contributed by atoms with van der Waals surface area (Å²) in [6.45, 7) is 0. The number of rotatable bonds is 4. The molecule has 0 aromatic carbocycles. The molecule has 0 heterocycles. The van der Waals surface area contributed by atoms with Gasteiger partial charge in [0.25, 0.3) is 0 Å². The van der Waals surface area contributed by atoms with Gasteiger partial charge in [0, 0.05) is 12.2 Å². The highest BCUT2D eigenvalue weighted by Crippen LogP contribution is 2.33. The van der Waals surface area contributed by atoms with E-state index >= 15 is 0 Å². The third-order valence-electron chi connectivity index (χ3n) is 5.02. The van der Waals surface area contributed by atoms with Gasteiger partial charge in [-0.2, -0.15) is 0 Å². The van der Waals surface area contributed by atoms with Crippen molar-refractivity contribution >= 4 is 15.6 Å². The van der Waals surface area contributed by atoms with Gasteiger partial charge in [0.2, 0.25) is 0 Å². The smallest absolute Gasteiger partial charge is 0.164 e. The molecule has 20 heavy (non-hydrogen) atoms. The van der Waals surface area contributed by atoms with Crippen LogP contribution in [0.2, 0.25) is 0 Å². The first kappa shape index (κ1) is 16.0. The van der Waals surface area contributed by atoms with Crippen molar-refractivity contribution in [2.45, 2.75) is 69.1 Å². The number of hydrogen-bond donors (Lipinski definition) is 1. The number of carbonyl (C=O) groups excluding carboxylic acids is 1. The Morgan fingerprint density at radius 2 is 1.70 bits per heavy atom. The molecule has 2 aliphatic rings. The second-order valence-corrected chi connectivity index (χ2v) is 8.89. The summed E-state index contributed by atoms with van der Waals surface area (Å²) in [5.74, 6) is -0.277. The lowest BCUT2D eigenvalue weighted by Gasteiger charge is -2.32. The zero-order valence-corrected chi connectivity index (χ0v) is 13.1. The number of aliphatic hydroxyl groups excluding tert-OH is 1. The molecule has 0 aromatic heterocycles. The first-order valence-corrected chi connectivity index (χ1v) is 9.75. The summed E-state index contributed by atoms with van der Waals surface area (Å²) >= 11 is 0. The van der Waals surface area contributed by atoms with Gasteiger partial charge in [-0.25, -0.2) is 8.42 Å². The highest BCUT2D eigenvalue weighted by molar-refractivity contribution is 7.91. The second kappa shape index (κ2) is 6.56. The normalized spacial score (nSPS) is 30.9. The Morgan fingerprint density at radius 1 is 1.05 bits per heavy atom. The summed E-state index contributed by atoms with van der Waals surface area (Å²) in [4.78, 5) is 12.4. The minimum absolute atomic E-state index is 0.0925. The van der Waals surface area contributed by atoms with Crippen LogP contribution in [0.25, 0.3) is 0 Å². The summed E-state index contributed by atoms with van der Waals surface area (Å²) in [6.07, 6.45) is 8.16. The fraction of sp³-hybridized carbons (Fsp3) is 0.933. The molecule has 2 saturated carbocycles. The van der Waals surface area contributed by atoms with E-state index in [4.69, 9.17) is 0 Å². The highest BCUT2D eigenvalue weighted by Gasteiger charge is 2.37. The van der Waals surface area contributed by atoms with E-state index in [9.17, 15) is 18.3 Å². The van der Waals surface area contributed by atoms with Crippen LogP contribution < -0.4 is 0 Å². The topological polar surface area (TPSA) is 71.4 Å². The van der Waals surface area contributed by atoms with E-state index in [0.29, 0.717) is 12.8 Å².